The van der Waals surface area contributed by atoms with Crippen LogP contribution in [0.2, 0.25) is 0 Å². The van der Waals surface area contributed by atoms with Crippen LogP contribution in [0.5, 0.6) is 11.5 Å². The molecule has 3 heteroatoms. The van der Waals surface area contributed by atoms with Crippen molar-refractivity contribution < 1.29 is 9.47 Å². The number of rotatable bonds is 4. The molecule has 0 radical (unpaired) electrons. The van der Waals surface area contributed by atoms with Gasteiger partial charge in [0, 0.05) is 24.6 Å². The first-order chi connectivity index (χ1) is 9.86. The number of hydrogen-bond acceptors (Lipinski definition) is 3. The van der Waals surface area contributed by atoms with Crippen molar-refractivity contribution >= 4 is 0 Å². The summed E-state index contributed by atoms with van der Waals surface area (Å²) in [4.78, 5) is 0. The predicted octanol–water partition coefficient (Wildman–Crippen LogP) is 3.31. The number of para-hydroxylation sites is 1. The largest absolute Gasteiger partial charge is 0.497 e. The second kappa shape index (κ2) is 5.97. The molecule has 0 fully saturated rings. The Labute approximate surface area is 119 Å². The highest BCUT2D eigenvalue weighted by Crippen LogP contribution is 2.31. The zero-order chi connectivity index (χ0) is 13.8. The summed E-state index contributed by atoms with van der Waals surface area (Å²) in [6, 6.07) is 16.8. The quantitative estimate of drug-likeness (QED) is 0.923. The normalized spacial score (nSPS) is 17.1. The van der Waals surface area contributed by atoms with Gasteiger partial charge in [0.15, 0.2) is 0 Å². The Balaban J connectivity index is 1.66. The van der Waals surface area contributed by atoms with E-state index >= 15 is 0 Å². The summed E-state index contributed by atoms with van der Waals surface area (Å²) in [7, 11) is 1.69. The van der Waals surface area contributed by atoms with Crippen LogP contribution in [0.4, 0.5) is 0 Å². The van der Waals surface area contributed by atoms with E-state index in [0.717, 1.165) is 31.1 Å². The predicted molar refractivity (Wildman–Crippen MR) is 79.1 cm³/mol. The van der Waals surface area contributed by atoms with E-state index in [1.807, 2.05) is 24.3 Å². The van der Waals surface area contributed by atoms with Crippen LogP contribution in [0.25, 0.3) is 0 Å². The molecular formula is C17H19NO2. The van der Waals surface area contributed by atoms with Gasteiger partial charge in [-0.25, -0.2) is 0 Å². The van der Waals surface area contributed by atoms with E-state index in [9.17, 15) is 0 Å². The van der Waals surface area contributed by atoms with Gasteiger partial charge >= 0.3 is 0 Å². The summed E-state index contributed by atoms with van der Waals surface area (Å²) in [5.74, 6) is 1.90. The third-order valence-electron chi connectivity index (χ3n) is 3.67. The summed E-state index contributed by atoms with van der Waals surface area (Å²) >= 11 is 0. The lowest BCUT2D eigenvalue weighted by Crippen LogP contribution is -2.26. The first-order valence-electron chi connectivity index (χ1n) is 6.95. The second-order valence-corrected chi connectivity index (χ2v) is 4.96. The van der Waals surface area contributed by atoms with Gasteiger partial charge in [-0.3, -0.25) is 0 Å². The van der Waals surface area contributed by atoms with Crippen LogP contribution in [0, 0.1) is 0 Å². The lowest BCUT2D eigenvalue weighted by Gasteiger charge is -2.26. The molecule has 2 aromatic rings. The van der Waals surface area contributed by atoms with E-state index in [2.05, 4.69) is 29.6 Å². The van der Waals surface area contributed by atoms with E-state index in [-0.39, 0.29) is 0 Å². The van der Waals surface area contributed by atoms with Crippen LogP contribution in [-0.2, 0) is 6.54 Å². The lowest BCUT2D eigenvalue weighted by molar-refractivity contribution is 0.252. The SMILES string of the molecule is COc1ccc(CNC2CCOc3ccccc32)cc1. The summed E-state index contributed by atoms with van der Waals surface area (Å²) in [5.41, 5.74) is 2.52. The highest BCUT2D eigenvalue weighted by atomic mass is 16.5. The van der Waals surface area contributed by atoms with E-state index in [0.29, 0.717) is 6.04 Å². The highest BCUT2D eigenvalue weighted by Gasteiger charge is 2.20. The fraction of sp³-hybridized carbons (Fsp3) is 0.294. The van der Waals surface area contributed by atoms with Crippen LogP contribution in [0.15, 0.2) is 48.5 Å². The van der Waals surface area contributed by atoms with Gasteiger partial charge in [0.05, 0.1) is 13.7 Å². The van der Waals surface area contributed by atoms with Gasteiger partial charge < -0.3 is 14.8 Å². The molecule has 1 aliphatic rings. The molecule has 0 saturated heterocycles. The van der Waals surface area contributed by atoms with Gasteiger partial charge in [0.2, 0.25) is 0 Å². The van der Waals surface area contributed by atoms with Gasteiger partial charge in [0.25, 0.3) is 0 Å². The number of ether oxygens (including phenoxy) is 2. The molecule has 0 aliphatic carbocycles. The molecule has 0 saturated carbocycles. The summed E-state index contributed by atoms with van der Waals surface area (Å²) in [6.45, 7) is 1.63. The Morgan fingerprint density at radius 2 is 1.95 bits per heavy atom. The molecule has 1 aliphatic heterocycles. The molecular weight excluding hydrogens is 250 g/mol. The van der Waals surface area contributed by atoms with Crippen LogP contribution < -0.4 is 14.8 Å². The van der Waals surface area contributed by atoms with Gasteiger partial charge in [-0.05, 0) is 23.8 Å². The third kappa shape index (κ3) is 2.78. The molecule has 0 spiro atoms. The number of benzene rings is 2. The van der Waals surface area contributed by atoms with E-state index in [4.69, 9.17) is 9.47 Å². The van der Waals surface area contributed by atoms with Gasteiger partial charge in [-0.1, -0.05) is 30.3 Å². The molecule has 1 unspecified atom stereocenters. The Morgan fingerprint density at radius 1 is 1.15 bits per heavy atom. The first-order valence-corrected chi connectivity index (χ1v) is 6.95. The van der Waals surface area contributed by atoms with Crippen molar-refractivity contribution in [3.63, 3.8) is 0 Å². The Morgan fingerprint density at radius 3 is 2.75 bits per heavy atom. The maximum absolute atomic E-state index is 5.68. The number of fused-ring (bicyclic) bond motifs is 1. The highest BCUT2D eigenvalue weighted by molar-refractivity contribution is 5.37. The molecule has 0 amide bonds. The number of methoxy groups -OCH3 is 1. The van der Waals surface area contributed by atoms with Crippen molar-refractivity contribution in [3.8, 4) is 11.5 Å². The fourth-order valence-electron chi connectivity index (χ4n) is 2.54. The maximum atomic E-state index is 5.68. The molecule has 1 N–H and O–H groups in total. The zero-order valence-electron chi connectivity index (χ0n) is 11.6. The minimum atomic E-state index is 0.363. The van der Waals surface area contributed by atoms with Crippen molar-refractivity contribution in [3.05, 3.63) is 59.7 Å². The molecule has 0 aromatic heterocycles. The standard InChI is InChI=1S/C17H19NO2/c1-19-14-8-6-13(7-9-14)12-18-16-10-11-20-17-5-3-2-4-15(16)17/h2-9,16,18H,10-12H2,1H3. The molecule has 3 nitrogen and oxygen atoms in total. The Bertz CT molecular complexity index is 565. The zero-order valence-corrected chi connectivity index (χ0v) is 11.6. The van der Waals surface area contributed by atoms with Crippen molar-refractivity contribution in [2.24, 2.45) is 0 Å². The van der Waals surface area contributed by atoms with Crippen molar-refractivity contribution in [1.29, 1.82) is 0 Å². The summed E-state index contributed by atoms with van der Waals surface area (Å²) < 4.78 is 10.9. The Kier molecular flexibility index (Phi) is 3.88. The minimum absolute atomic E-state index is 0.363. The molecule has 3 rings (SSSR count). The minimum Gasteiger partial charge on any atom is -0.497 e. The molecule has 0 bridgehead atoms. The monoisotopic (exact) mass is 269 g/mol. The van der Waals surface area contributed by atoms with Gasteiger partial charge in [0.1, 0.15) is 11.5 Å². The number of nitrogens with one attached hydrogen (secondary N) is 1. The summed E-state index contributed by atoms with van der Waals surface area (Å²) in [5, 5.41) is 3.61. The second-order valence-electron chi connectivity index (χ2n) is 4.96. The third-order valence-corrected chi connectivity index (χ3v) is 3.67. The number of hydrogen-bond donors (Lipinski definition) is 1. The molecule has 20 heavy (non-hydrogen) atoms. The summed E-state index contributed by atoms with van der Waals surface area (Å²) in [6.07, 6.45) is 1.01. The topological polar surface area (TPSA) is 30.5 Å². The van der Waals surface area contributed by atoms with Crippen molar-refractivity contribution in [2.75, 3.05) is 13.7 Å². The van der Waals surface area contributed by atoms with Gasteiger partial charge in [-0.15, -0.1) is 0 Å². The fourth-order valence-corrected chi connectivity index (χ4v) is 2.54. The molecule has 2 aromatic carbocycles. The van der Waals surface area contributed by atoms with Crippen LogP contribution in [0.1, 0.15) is 23.6 Å². The van der Waals surface area contributed by atoms with E-state index < -0.39 is 0 Å². The maximum Gasteiger partial charge on any atom is 0.124 e. The molecule has 1 atom stereocenters. The van der Waals surface area contributed by atoms with Crippen molar-refractivity contribution in [1.82, 2.24) is 5.32 Å². The average Bonchev–Trinajstić information content (AvgIpc) is 2.53. The van der Waals surface area contributed by atoms with Crippen LogP contribution in [0.3, 0.4) is 0 Å². The average molecular weight is 269 g/mol. The lowest BCUT2D eigenvalue weighted by atomic mass is 10.0. The van der Waals surface area contributed by atoms with Gasteiger partial charge in [-0.2, -0.15) is 0 Å². The van der Waals surface area contributed by atoms with Crippen LogP contribution >= 0.6 is 0 Å². The van der Waals surface area contributed by atoms with E-state index in [1.54, 1.807) is 7.11 Å². The Hall–Kier alpha value is -2.00. The smallest absolute Gasteiger partial charge is 0.124 e. The van der Waals surface area contributed by atoms with Crippen LogP contribution in [-0.4, -0.2) is 13.7 Å². The van der Waals surface area contributed by atoms with Crippen molar-refractivity contribution in [2.45, 2.75) is 19.0 Å². The first kappa shape index (κ1) is 13.0. The molecule has 1 heterocycles. The molecule has 104 valence electrons. The van der Waals surface area contributed by atoms with E-state index in [1.165, 1.54) is 11.1 Å².